The van der Waals surface area contributed by atoms with Gasteiger partial charge in [0, 0.05) is 23.2 Å². The van der Waals surface area contributed by atoms with Crippen LogP contribution in [0.3, 0.4) is 0 Å². The van der Waals surface area contributed by atoms with Crippen LogP contribution in [0.15, 0.2) is 97.2 Å². The van der Waals surface area contributed by atoms with Crippen LogP contribution in [0.1, 0.15) is 0 Å². The predicted octanol–water partition coefficient (Wildman–Crippen LogP) is 7.16. The van der Waals surface area contributed by atoms with Crippen molar-refractivity contribution in [1.29, 1.82) is 0 Å². The highest BCUT2D eigenvalue weighted by molar-refractivity contribution is 6.17. The third-order valence-electron chi connectivity index (χ3n) is 5.58. The molecule has 28 heavy (non-hydrogen) atoms. The minimum Gasteiger partial charge on any atom is -0.256 e. The highest BCUT2D eigenvalue weighted by Crippen LogP contribution is 2.34. The summed E-state index contributed by atoms with van der Waals surface area (Å²) >= 11 is 0. The average molecular weight is 354 g/mol. The molecule has 0 aliphatic heterocycles. The van der Waals surface area contributed by atoms with Crippen molar-refractivity contribution in [3.8, 4) is 11.3 Å². The largest absolute Gasteiger partial charge is 0.256 e. The predicted molar refractivity (Wildman–Crippen MR) is 119 cm³/mol. The van der Waals surface area contributed by atoms with Gasteiger partial charge in [0.1, 0.15) is 0 Å². The molecule has 129 valence electrons. The van der Waals surface area contributed by atoms with Gasteiger partial charge in [-0.1, -0.05) is 84.9 Å². The molecule has 0 saturated carbocycles. The van der Waals surface area contributed by atoms with Crippen LogP contribution < -0.4 is 0 Å². The van der Waals surface area contributed by atoms with Gasteiger partial charge in [-0.15, -0.1) is 0 Å². The van der Waals surface area contributed by atoms with Crippen molar-refractivity contribution in [2.24, 2.45) is 0 Å². The Morgan fingerprint density at radius 3 is 2.07 bits per heavy atom. The Labute approximate surface area is 162 Å². The molecule has 6 aromatic rings. The molecule has 0 fully saturated rings. The fourth-order valence-corrected chi connectivity index (χ4v) is 4.23. The highest BCUT2D eigenvalue weighted by Gasteiger charge is 2.09. The van der Waals surface area contributed by atoms with Crippen molar-refractivity contribution in [3.63, 3.8) is 0 Å². The SMILES string of the molecule is [c]1c(-c2nccc3ccccc23)ccc2c1ccc1c3ccccc3ccc21. The van der Waals surface area contributed by atoms with Crippen LogP contribution >= 0.6 is 0 Å². The summed E-state index contributed by atoms with van der Waals surface area (Å²) in [5.74, 6) is 0. The van der Waals surface area contributed by atoms with Crippen LogP contribution in [-0.2, 0) is 0 Å². The van der Waals surface area contributed by atoms with E-state index in [2.05, 4.69) is 102 Å². The van der Waals surface area contributed by atoms with E-state index in [1.807, 2.05) is 6.20 Å². The van der Waals surface area contributed by atoms with Gasteiger partial charge in [-0.3, -0.25) is 4.98 Å². The molecule has 0 bridgehead atoms. The molecule has 5 aromatic carbocycles. The molecule has 0 spiro atoms. The van der Waals surface area contributed by atoms with Crippen molar-refractivity contribution in [2.45, 2.75) is 0 Å². The lowest BCUT2D eigenvalue weighted by Gasteiger charge is -2.10. The smallest absolute Gasteiger partial charge is 0.0786 e. The van der Waals surface area contributed by atoms with E-state index in [1.165, 1.54) is 32.3 Å². The van der Waals surface area contributed by atoms with E-state index >= 15 is 0 Å². The molecule has 1 heterocycles. The normalized spacial score (nSPS) is 11.6. The monoisotopic (exact) mass is 354 g/mol. The molecule has 0 aliphatic rings. The second kappa shape index (κ2) is 5.90. The first kappa shape index (κ1) is 15.4. The number of hydrogen-bond donors (Lipinski definition) is 0. The number of benzene rings is 5. The van der Waals surface area contributed by atoms with Crippen LogP contribution in [0.4, 0.5) is 0 Å². The Kier molecular flexibility index (Phi) is 3.24. The van der Waals surface area contributed by atoms with Crippen LogP contribution in [0, 0.1) is 6.07 Å². The Hall–Kier alpha value is -3.71. The summed E-state index contributed by atoms with van der Waals surface area (Å²) in [4.78, 5) is 4.66. The topological polar surface area (TPSA) is 12.9 Å². The molecule has 1 aromatic heterocycles. The Balaban J connectivity index is 1.63. The molecule has 1 radical (unpaired) electrons. The van der Waals surface area contributed by atoms with Gasteiger partial charge < -0.3 is 0 Å². The van der Waals surface area contributed by atoms with Gasteiger partial charge in [0.25, 0.3) is 0 Å². The number of rotatable bonds is 1. The van der Waals surface area contributed by atoms with Crippen molar-refractivity contribution in [3.05, 3.63) is 103 Å². The molecule has 0 unspecified atom stereocenters. The number of aromatic nitrogens is 1. The summed E-state index contributed by atoms with van der Waals surface area (Å²) in [6, 6.07) is 35.8. The maximum atomic E-state index is 4.66. The van der Waals surface area contributed by atoms with Crippen molar-refractivity contribution < 1.29 is 0 Å². The van der Waals surface area contributed by atoms with Gasteiger partial charge in [0.05, 0.1) is 5.69 Å². The van der Waals surface area contributed by atoms with Gasteiger partial charge in [-0.2, -0.15) is 0 Å². The first-order chi connectivity index (χ1) is 13.9. The molecule has 6 rings (SSSR count). The summed E-state index contributed by atoms with van der Waals surface area (Å²) in [5.41, 5.74) is 2.02. The average Bonchev–Trinajstić information content (AvgIpc) is 2.78. The molecular weight excluding hydrogens is 338 g/mol. The summed E-state index contributed by atoms with van der Waals surface area (Å²) in [5, 5.41) is 9.83. The van der Waals surface area contributed by atoms with Crippen LogP contribution in [0.25, 0.3) is 54.3 Å². The second-order valence-corrected chi connectivity index (χ2v) is 7.16. The van der Waals surface area contributed by atoms with Gasteiger partial charge in [-0.05, 0) is 43.8 Å². The van der Waals surface area contributed by atoms with Crippen molar-refractivity contribution in [2.75, 3.05) is 0 Å². The minimum absolute atomic E-state index is 0.985. The molecule has 0 N–H and O–H groups in total. The lowest BCUT2D eigenvalue weighted by atomic mass is 9.95. The molecule has 0 aliphatic carbocycles. The number of hydrogen-bond acceptors (Lipinski definition) is 1. The lowest BCUT2D eigenvalue weighted by molar-refractivity contribution is 1.36. The molecule has 0 saturated heterocycles. The van der Waals surface area contributed by atoms with E-state index < -0.39 is 0 Å². The second-order valence-electron chi connectivity index (χ2n) is 7.16. The Morgan fingerprint density at radius 2 is 1.18 bits per heavy atom. The van der Waals surface area contributed by atoms with E-state index in [0.29, 0.717) is 0 Å². The maximum Gasteiger partial charge on any atom is 0.0786 e. The summed E-state index contributed by atoms with van der Waals surface area (Å²) < 4.78 is 0. The van der Waals surface area contributed by atoms with Crippen molar-refractivity contribution >= 4 is 43.1 Å². The Bertz CT molecular complexity index is 1510. The number of pyridine rings is 1. The van der Waals surface area contributed by atoms with E-state index in [0.717, 1.165) is 22.0 Å². The van der Waals surface area contributed by atoms with Gasteiger partial charge in [0.2, 0.25) is 0 Å². The zero-order chi connectivity index (χ0) is 18.5. The zero-order valence-electron chi connectivity index (χ0n) is 15.2. The molecular formula is C27H16N. The number of fused-ring (bicyclic) bond motifs is 6. The molecule has 1 heteroatoms. The van der Waals surface area contributed by atoms with E-state index in [4.69, 9.17) is 0 Å². The Morgan fingerprint density at radius 1 is 0.500 bits per heavy atom. The third kappa shape index (κ3) is 2.23. The summed E-state index contributed by atoms with van der Waals surface area (Å²) in [6.45, 7) is 0. The van der Waals surface area contributed by atoms with E-state index in [-0.39, 0.29) is 0 Å². The fourth-order valence-electron chi connectivity index (χ4n) is 4.23. The molecule has 0 atom stereocenters. The standard InChI is InChI=1S/C27H16N/c1-3-7-22-18(5-1)9-13-26-23-12-11-21(17-20(23)10-14-25(22)26)27-24-8-4-2-6-19(24)15-16-28-27/h1-16H. The third-order valence-corrected chi connectivity index (χ3v) is 5.58. The molecule has 1 nitrogen and oxygen atoms in total. The fraction of sp³-hybridized carbons (Fsp3) is 0. The minimum atomic E-state index is 0.985. The quantitative estimate of drug-likeness (QED) is 0.285. The highest BCUT2D eigenvalue weighted by atomic mass is 14.7. The van der Waals surface area contributed by atoms with E-state index in [9.17, 15) is 0 Å². The van der Waals surface area contributed by atoms with Gasteiger partial charge >= 0.3 is 0 Å². The van der Waals surface area contributed by atoms with Gasteiger partial charge in [0.15, 0.2) is 0 Å². The lowest BCUT2D eigenvalue weighted by Crippen LogP contribution is -1.87. The molecule has 0 amide bonds. The first-order valence-electron chi connectivity index (χ1n) is 9.49. The summed E-state index contributed by atoms with van der Waals surface area (Å²) in [6.07, 6.45) is 1.88. The van der Waals surface area contributed by atoms with Crippen molar-refractivity contribution in [1.82, 2.24) is 4.98 Å². The maximum absolute atomic E-state index is 4.66. The van der Waals surface area contributed by atoms with Crippen LogP contribution in [0.5, 0.6) is 0 Å². The van der Waals surface area contributed by atoms with Gasteiger partial charge in [-0.25, -0.2) is 0 Å². The summed E-state index contributed by atoms with van der Waals surface area (Å²) in [7, 11) is 0. The van der Waals surface area contributed by atoms with E-state index in [1.54, 1.807) is 0 Å². The zero-order valence-corrected chi connectivity index (χ0v) is 15.2. The van der Waals surface area contributed by atoms with Crippen LogP contribution in [-0.4, -0.2) is 4.98 Å². The number of nitrogens with zero attached hydrogens (tertiary/aromatic N) is 1. The van der Waals surface area contributed by atoms with Crippen LogP contribution in [0.2, 0.25) is 0 Å². The first-order valence-corrected chi connectivity index (χ1v) is 9.49.